The van der Waals surface area contributed by atoms with Gasteiger partial charge in [0.05, 0.1) is 5.56 Å². The van der Waals surface area contributed by atoms with Crippen molar-refractivity contribution >= 4 is 17.3 Å². The van der Waals surface area contributed by atoms with Crippen LogP contribution in [-0.4, -0.2) is 41.6 Å². The van der Waals surface area contributed by atoms with Gasteiger partial charge in [-0.2, -0.15) is 4.98 Å². The van der Waals surface area contributed by atoms with Gasteiger partial charge < -0.3 is 14.1 Å². The number of benzene rings is 1. The first-order chi connectivity index (χ1) is 14.1. The van der Waals surface area contributed by atoms with E-state index in [-0.39, 0.29) is 19.1 Å². The lowest BCUT2D eigenvalue weighted by Gasteiger charge is -2.13. The average molecular weight is 418 g/mol. The monoisotopic (exact) mass is 417 g/mol. The second-order valence-corrected chi connectivity index (χ2v) is 6.22. The Bertz CT molecular complexity index is 992. The highest BCUT2D eigenvalue weighted by Gasteiger charge is 2.14. The molecule has 0 radical (unpaired) electrons. The van der Waals surface area contributed by atoms with Crippen molar-refractivity contribution in [2.45, 2.75) is 13.5 Å². The third-order valence-corrected chi connectivity index (χ3v) is 4.10. The van der Waals surface area contributed by atoms with Crippen LogP contribution in [0.2, 0.25) is 5.02 Å². The second kappa shape index (κ2) is 9.97. The third kappa shape index (κ3) is 5.29. The van der Waals surface area contributed by atoms with Crippen molar-refractivity contribution in [3.63, 3.8) is 0 Å². The van der Waals surface area contributed by atoms with Crippen LogP contribution < -0.4 is 10.2 Å². The smallest absolute Gasteiger partial charge is 0.259 e. The highest BCUT2D eigenvalue weighted by atomic mass is 35.5. The molecule has 0 amide bonds. The number of hydroxylamine groups is 1. The number of oxime groups is 1. The molecule has 2 heterocycles. The lowest BCUT2D eigenvalue weighted by molar-refractivity contribution is 0.0866. The lowest BCUT2D eigenvalue weighted by Crippen LogP contribution is -2.19. The van der Waals surface area contributed by atoms with Gasteiger partial charge in [-0.15, -0.1) is 0 Å². The average Bonchev–Trinajstić information content (AvgIpc) is 3.17. The summed E-state index contributed by atoms with van der Waals surface area (Å²) in [6.45, 7) is 2.18. The molecule has 29 heavy (non-hydrogen) atoms. The lowest BCUT2D eigenvalue weighted by atomic mass is 10.0. The Labute approximate surface area is 172 Å². The van der Waals surface area contributed by atoms with E-state index in [9.17, 15) is 0 Å². The molecule has 0 saturated heterocycles. The summed E-state index contributed by atoms with van der Waals surface area (Å²) in [4.78, 5) is 18.6. The van der Waals surface area contributed by atoms with Crippen LogP contribution in [0.3, 0.4) is 0 Å². The molecule has 0 aliphatic heterocycles. The minimum atomic E-state index is 0.221. The molecule has 1 N–H and O–H groups in total. The number of ether oxygens (including phenoxy) is 1. The molecule has 0 bridgehead atoms. The normalized spacial score (nSPS) is 11.5. The number of halogens is 1. The number of hydrogen-bond acceptors (Lipinski definition) is 9. The van der Waals surface area contributed by atoms with Gasteiger partial charge in [0, 0.05) is 18.8 Å². The molecule has 9 nitrogen and oxygen atoms in total. The molecule has 2 aromatic heterocycles. The summed E-state index contributed by atoms with van der Waals surface area (Å²) in [6, 6.07) is 9.30. The molecule has 0 unspecified atom stereocenters. The molecule has 152 valence electrons. The van der Waals surface area contributed by atoms with E-state index in [4.69, 9.17) is 30.5 Å². The van der Waals surface area contributed by atoms with Gasteiger partial charge >= 0.3 is 0 Å². The van der Waals surface area contributed by atoms with Crippen molar-refractivity contribution < 1.29 is 18.9 Å². The molecule has 0 saturated carbocycles. The first-order valence-electron chi connectivity index (χ1n) is 8.68. The summed E-state index contributed by atoms with van der Waals surface area (Å²) < 4.78 is 11.0. The number of aryl methyl sites for hydroxylation is 1. The van der Waals surface area contributed by atoms with Gasteiger partial charge in [-0.3, -0.25) is 4.84 Å². The van der Waals surface area contributed by atoms with E-state index in [1.54, 1.807) is 26.2 Å². The molecule has 0 atom stereocenters. The highest BCUT2D eigenvalue weighted by molar-refractivity contribution is 6.32. The molecule has 0 fully saturated rings. The van der Waals surface area contributed by atoms with Crippen LogP contribution >= 0.6 is 11.6 Å². The Morgan fingerprint density at radius 2 is 2.14 bits per heavy atom. The first-order valence-corrected chi connectivity index (χ1v) is 9.06. The van der Waals surface area contributed by atoms with E-state index in [1.807, 2.05) is 24.3 Å². The van der Waals surface area contributed by atoms with Crippen LogP contribution in [-0.2, 0) is 16.3 Å². The van der Waals surface area contributed by atoms with Crippen molar-refractivity contribution in [2.75, 3.05) is 20.8 Å². The summed E-state index contributed by atoms with van der Waals surface area (Å²) in [7, 11) is 3.15. The zero-order chi connectivity index (χ0) is 20.6. The van der Waals surface area contributed by atoms with Crippen molar-refractivity contribution in [1.82, 2.24) is 20.6 Å². The molecule has 3 rings (SSSR count). The zero-order valence-electron chi connectivity index (χ0n) is 16.2. The summed E-state index contributed by atoms with van der Waals surface area (Å²) in [5.74, 6) is 1.17. The Kier molecular flexibility index (Phi) is 7.12. The van der Waals surface area contributed by atoms with Crippen LogP contribution in [0.25, 0.3) is 11.5 Å². The summed E-state index contributed by atoms with van der Waals surface area (Å²) >= 11 is 6.32. The molecule has 10 heteroatoms. The number of rotatable bonds is 9. The van der Waals surface area contributed by atoms with E-state index in [0.29, 0.717) is 28.0 Å². The molecule has 3 aromatic rings. The number of pyridine rings is 1. The summed E-state index contributed by atoms with van der Waals surface area (Å²) in [6.07, 6.45) is 1.57. The van der Waals surface area contributed by atoms with E-state index in [0.717, 1.165) is 11.1 Å². The number of nitrogens with zero attached hydrogens (tertiary/aromatic N) is 4. The van der Waals surface area contributed by atoms with Gasteiger partial charge in [0.25, 0.3) is 5.89 Å². The fourth-order valence-corrected chi connectivity index (χ4v) is 2.76. The Hall–Kier alpha value is -3.01. The fourth-order valence-electron chi connectivity index (χ4n) is 2.54. The minimum Gasteiger partial charge on any atom is -0.472 e. The van der Waals surface area contributed by atoms with E-state index in [2.05, 4.69) is 25.8 Å². The van der Waals surface area contributed by atoms with Crippen LogP contribution in [0.4, 0.5) is 0 Å². The number of hydrogen-bond donors (Lipinski definition) is 1. The molecular formula is C19H20ClN5O4. The highest BCUT2D eigenvalue weighted by Crippen LogP contribution is 2.28. The van der Waals surface area contributed by atoms with Gasteiger partial charge in [0.1, 0.15) is 31.1 Å². The van der Waals surface area contributed by atoms with Gasteiger partial charge in [0.15, 0.2) is 5.82 Å². The van der Waals surface area contributed by atoms with E-state index < -0.39 is 0 Å². The predicted octanol–water partition coefficient (Wildman–Crippen LogP) is 3.17. The van der Waals surface area contributed by atoms with Crippen LogP contribution in [0.15, 0.2) is 46.2 Å². The zero-order valence-corrected chi connectivity index (χ0v) is 16.9. The number of nitrogens with one attached hydrogen (secondary N) is 1. The summed E-state index contributed by atoms with van der Waals surface area (Å²) in [5, 5.41) is 8.14. The van der Waals surface area contributed by atoms with Crippen LogP contribution in [0.5, 0.6) is 5.88 Å². The Morgan fingerprint density at radius 3 is 2.83 bits per heavy atom. The van der Waals surface area contributed by atoms with Crippen molar-refractivity contribution in [3.8, 4) is 17.3 Å². The summed E-state index contributed by atoms with van der Waals surface area (Å²) in [5.41, 5.74) is 5.55. The van der Waals surface area contributed by atoms with Crippen LogP contribution in [0, 0.1) is 6.92 Å². The SMILES string of the molecule is CNOC/C(=N/OC)c1ccccc1COc1ncc(-c2nc(C)no2)cc1Cl. The molecule has 0 spiro atoms. The maximum absolute atomic E-state index is 6.32. The van der Waals surface area contributed by atoms with Crippen LogP contribution in [0.1, 0.15) is 17.0 Å². The van der Waals surface area contributed by atoms with Crippen molar-refractivity contribution in [3.05, 3.63) is 58.5 Å². The van der Waals surface area contributed by atoms with Gasteiger partial charge in [-0.05, 0) is 18.6 Å². The largest absolute Gasteiger partial charge is 0.472 e. The quantitative estimate of drug-likeness (QED) is 0.418. The van der Waals surface area contributed by atoms with Gasteiger partial charge in [0.2, 0.25) is 5.88 Å². The van der Waals surface area contributed by atoms with E-state index in [1.165, 1.54) is 7.11 Å². The van der Waals surface area contributed by atoms with Crippen molar-refractivity contribution in [2.24, 2.45) is 5.16 Å². The number of aromatic nitrogens is 3. The van der Waals surface area contributed by atoms with Gasteiger partial charge in [-0.1, -0.05) is 46.2 Å². The predicted molar refractivity (Wildman–Crippen MR) is 107 cm³/mol. The Morgan fingerprint density at radius 1 is 1.31 bits per heavy atom. The minimum absolute atomic E-state index is 0.221. The molecule has 1 aromatic carbocycles. The maximum Gasteiger partial charge on any atom is 0.259 e. The van der Waals surface area contributed by atoms with E-state index >= 15 is 0 Å². The standard InChI is InChI=1S/C19H20ClN5O4/c1-12-23-18(29-24-12)14-8-16(20)19(22-9-14)27-10-13-6-4-5-7-15(13)17(25-26-3)11-28-21-2/h4-9,21H,10-11H2,1-3H3/b25-17-. The second-order valence-electron chi connectivity index (χ2n) is 5.82. The van der Waals surface area contributed by atoms with Gasteiger partial charge in [-0.25, -0.2) is 10.5 Å². The van der Waals surface area contributed by atoms with Crippen molar-refractivity contribution in [1.29, 1.82) is 0 Å². The molecule has 0 aliphatic carbocycles. The fraction of sp³-hybridized carbons (Fsp3) is 0.263. The first kappa shape index (κ1) is 20.7. The topological polar surface area (TPSA) is 104 Å². The Balaban J connectivity index is 1.77. The third-order valence-electron chi connectivity index (χ3n) is 3.83. The maximum atomic E-state index is 6.32. The molecular weight excluding hydrogens is 398 g/mol. The molecule has 0 aliphatic rings.